The summed E-state index contributed by atoms with van der Waals surface area (Å²) < 4.78 is 5.68. The van der Waals surface area contributed by atoms with E-state index in [0.717, 1.165) is 44.9 Å². The van der Waals surface area contributed by atoms with Gasteiger partial charge < -0.3 is 14.9 Å². The first-order chi connectivity index (χ1) is 7.74. The van der Waals surface area contributed by atoms with E-state index in [1.54, 1.807) is 0 Å². The number of unbranched alkanes of at least 4 members (excludes halogenated alkanes) is 4. The molecule has 0 atom stereocenters. The lowest BCUT2D eigenvalue weighted by molar-refractivity contribution is -0.115. The third-order valence-electron chi connectivity index (χ3n) is 2.97. The second-order valence-corrected chi connectivity index (χ2v) is 4.51. The Hall–Kier alpha value is -0.120. The number of rotatable bonds is 11. The van der Waals surface area contributed by atoms with Gasteiger partial charge in [0.1, 0.15) is 5.60 Å². The predicted octanol–water partition coefficient (Wildman–Crippen LogP) is 2.50. The van der Waals surface area contributed by atoms with Crippen molar-refractivity contribution < 1.29 is 14.9 Å². The smallest absolute Gasteiger partial charge is 0.114 e. The van der Waals surface area contributed by atoms with Gasteiger partial charge in [0.2, 0.25) is 0 Å². The monoisotopic (exact) mass is 232 g/mol. The van der Waals surface area contributed by atoms with E-state index in [4.69, 9.17) is 4.74 Å². The molecule has 0 fully saturated rings. The molecule has 0 unspecified atom stereocenters. The van der Waals surface area contributed by atoms with Crippen molar-refractivity contribution in [3.05, 3.63) is 0 Å². The standard InChI is InChI=1S/C13H28O3/c1-3-5-7-9-13(11-14,12-15)16-10-8-6-4-2/h14-15H,3-12H2,1-2H3. The number of aliphatic hydroxyl groups is 2. The summed E-state index contributed by atoms with van der Waals surface area (Å²) in [6, 6.07) is 0. The second-order valence-electron chi connectivity index (χ2n) is 4.51. The molecule has 0 saturated heterocycles. The summed E-state index contributed by atoms with van der Waals surface area (Å²) in [5, 5.41) is 18.7. The Labute approximate surface area is 99.8 Å². The lowest BCUT2D eigenvalue weighted by atomic mass is 9.97. The fraction of sp³-hybridized carbons (Fsp3) is 1.00. The summed E-state index contributed by atoms with van der Waals surface area (Å²) >= 11 is 0. The molecule has 0 aromatic heterocycles. The molecule has 3 nitrogen and oxygen atoms in total. The Morgan fingerprint density at radius 2 is 1.44 bits per heavy atom. The van der Waals surface area contributed by atoms with Crippen LogP contribution in [0.1, 0.15) is 58.8 Å². The Balaban J connectivity index is 3.90. The van der Waals surface area contributed by atoms with E-state index in [1.165, 1.54) is 0 Å². The summed E-state index contributed by atoms with van der Waals surface area (Å²) in [6.45, 7) is 4.76. The van der Waals surface area contributed by atoms with Crippen LogP contribution in [0, 0.1) is 0 Å². The first kappa shape index (κ1) is 15.9. The molecule has 0 rings (SSSR count). The van der Waals surface area contributed by atoms with Gasteiger partial charge in [-0.1, -0.05) is 46.0 Å². The van der Waals surface area contributed by atoms with E-state index in [0.29, 0.717) is 6.61 Å². The molecule has 0 radical (unpaired) electrons. The number of ether oxygens (including phenoxy) is 1. The molecular formula is C13H28O3. The van der Waals surface area contributed by atoms with Crippen LogP contribution in [0.15, 0.2) is 0 Å². The van der Waals surface area contributed by atoms with Gasteiger partial charge in [-0.25, -0.2) is 0 Å². The van der Waals surface area contributed by atoms with Gasteiger partial charge in [-0.3, -0.25) is 0 Å². The van der Waals surface area contributed by atoms with Gasteiger partial charge in [-0.15, -0.1) is 0 Å². The molecular weight excluding hydrogens is 204 g/mol. The average molecular weight is 232 g/mol. The highest BCUT2D eigenvalue weighted by Gasteiger charge is 2.28. The molecule has 0 aliphatic rings. The van der Waals surface area contributed by atoms with Crippen molar-refractivity contribution in [3.8, 4) is 0 Å². The van der Waals surface area contributed by atoms with Crippen LogP contribution in [0.3, 0.4) is 0 Å². The van der Waals surface area contributed by atoms with E-state index in [-0.39, 0.29) is 13.2 Å². The first-order valence-corrected chi connectivity index (χ1v) is 6.60. The van der Waals surface area contributed by atoms with Crippen molar-refractivity contribution in [2.45, 2.75) is 64.4 Å². The van der Waals surface area contributed by atoms with Crippen LogP contribution in [0.25, 0.3) is 0 Å². The lowest BCUT2D eigenvalue weighted by Gasteiger charge is -2.30. The molecule has 98 valence electrons. The number of hydrogen-bond donors (Lipinski definition) is 2. The molecule has 0 amide bonds. The second kappa shape index (κ2) is 10.1. The van der Waals surface area contributed by atoms with E-state index in [2.05, 4.69) is 13.8 Å². The summed E-state index contributed by atoms with van der Waals surface area (Å²) in [4.78, 5) is 0. The summed E-state index contributed by atoms with van der Waals surface area (Å²) in [5.74, 6) is 0. The maximum Gasteiger partial charge on any atom is 0.114 e. The normalized spacial score (nSPS) is 12.0. The molecule has 16 heavy (non-hydrogen) atoms. The first-order valence-electron chi connectivity index (χ1n) is 6.60. The van der Waals surface area contributed by atoms with E-state index < -0.39 is 5.60 Å². The Bertz CT molecular complexity index is 144. The van der Waals surface area contributed by atoms with Crippen molar-refractivity contribution in [2.75, 3.05) is 19.8 Å². The molecule has 0 aromatic rings. The molecule has 0 bridgehead atoms. The highest BCUT2D eigenvalue weighted by Crippen LogP contribution is 2.19. The van der Waals surface area contributed by atoms with Gasteiger partial charge in [0.05, 0.1) is 13.2 Å². The minimum atomic E-state index is -0.705. The quantitative estimate of drug-likeness (QED) is 0.538. The van der Waals surface area contributed by atoms with Crippen molar-refractivity contribution in [3.63, 3.8) is 0 Å². The molecule has 3 heteroatoms. The number of aliphatic hydroxyl groups excluding tert-OH is 2. The Morgan fingerprint density at radius 1 is 0.875 bits per heavy atom. The Kier molecular flexibility index (Phi) is 9.99. The topological polar surface area (TPSA) is 49.7 Å². The molecule has 0 spiro atoms. The van der Waals surface area contributed by atoms with Gasteiger partial charge in [-0.05, 0) is 12.8 Å². The van der Waals surface area contributed by atoms with Crippen LogP contribution >= 0.6 is 0 Å². The zero-order chi connectivity index (χ0) is 12.3. The highest BCUT2D eigenvalue weighted by atomic mass is 16.5. The largest absolute Gasteiger partial charge is 0.393 e. The van der Waals surface area contributed by atoms with E-state index >= 15 is 0 Å². The van der Waals surface area contributed by atoms with Crippen LogP contribution in [-0.4, -0.2) is 35.6 Å². The zero-order valence-electron chi connectivity index (χ0n) is 10.9. The van der Waals surface area contributed by atoms with Crippen LogP contribution in [0.2, 0.25) is 0 Å². The van der Waals surface area contributed by atoms with Gasteiger partial charge in [0, 0.05) is 6.61 Å². The fourth-order valence-corrected chi connectivity index (χ4v) is 1.71. The molecule has 2 N–H and O–H groups in total. The predicted molar refractivity (Wildman–Crippen MR) is 66.5 cm³/mol. The minimum Gasteiger partial charge on any atom is -0.393 e. The fourth-order valence-electron chi connectivity index (χ4n) is 1.71. The van der Waals surface area contributed by atoms with Gasteiger partial charge >= 0.3 is 0 Å². The van der Waals surface area contributed by atoms with Crippen LogP contribution in [-0.2, 0) is 4.74 Å². The van der Waals surface area contributed by atoms with Gasteiger partial charge in [0.15, 0.2) is 0 Å². The van der Waals surface area contributed by atoms with Crippen molar-refractivity contribution >= 4 is 0 Å². The van der Waals surface area contributed by atoms with Crippen molar-refractivity contribution in [1.29, 1.82) is 0 Å². The Morgan fingerprint density at radius 3 is 1.94 bits per heavy atom. The molecule has 0 aliphatic carbocycles. The third-order valence-corrected chi connectivity index (χ3v) is 2.97. The molecule has 0 aromatic carbocycles. The maximum absolute atomic E-state index is 9.35. The molecule has 0 aliphatic heterocycles. The van der Waals surface area contributed by atoms with E-state index in [9.17, 15) is 10.2 Å². The molecule has 0 saturated carbocycles. The molecule has 0 heterocycles. The summed E-state index contributed by atoms with van der Waals surface area (Å²) in [5.41, 5.74) is -0.705. The summed E-state index contributed by atoms with van der Waals surface area (Å²) in [7, 11) is 0. The maximum atomic E-state index is 9.35. The highest BCUT2D eigenvalue weighted by molar-refractivity contribution is 4.79. The zero-order valence-corrected chi connectivity index (χ0v) is 10.9. The summed E-state index contributed by atoms with van der Waals surface area (Å²) in [6.07, 6.45) is 7.33. The van der Waals surface area contributed by atoms with Crippen LogP contribution in [0.4, 0.5) is 0 Å². The van der Waals surface area contributed by atoms with Crippen LogP contribution < -0.4 is 0 Å². The van der Waals surface area contributed by atoms with Gasteiger partial charge in [0.25, 0.3) is 0 Å². The lowest BCUT2D eigenvalue weighted by Crippen LogP contribution is -2.41. The van der Waals surface area contributed by atoms with Crippen molar-refractivity contribution in [1.82, 2.24) is 0 Å². The van der Waals surface area contributed by atoms with Crippen molar-refractivity contribution in [2.24, 2.45) is 0 Å². The van der Waals surface area contributed by atoms with Gasteiger partial charge in [-0.2, -0.15) is 0 Å². The minimum absolute atomic E-state index is 0.0840. The third kappa shape index (κ3) is 6.46. The number of hydrogen-bond acceptors (Lipinski definition) is 3. The SMILES string of the molecule is CCCCCOC(CO)(CO)CCCCC. The van der Waals surface area contributed by atoms with E-state index in [1.807, 2.05) is 0 Å². The van der Waals surface area contributed by atoms with Crippen LogP contribution in [0.5, 0.6) is 0 Å². The average Bonchev–Trinajstić information content (AvgIpc) is 2.33.